The Morgan fingerprint density at radius 2 is 2.12 bits per heavy atom. The van der Waals surface area contributed by atoms with Crippen LogP contribution < -0.4 is 5.32 Å². The second-order valence-corrected chi connectivity index (χ2v) is 8.09. The summed E-state index contributed by atoms with van der Waals surface area (Å²) in [6.45, 7) is 7.18. The number of nitrogens with zero attached hydrogens (tertiary/aromatic N) is 3. The van der Waals surface area contributed by atoms with Crippen molar-refractivity contribution in [2.75, 3.05) is 11.9 Å². The summed E-state index contributed by atoms with van der Waals surface area (Å²) in [7, 11) is 0. The number of hydrogen-bond donors (Lipinski definition) is 1. The molecule has 5 rings (SSSR count). The summed E-state index contributed by atoms with van der Waals surface area (Å²) in [5.74, 6) is -0.268. The van der Waals surface area contributed by atoms with Crippen LogP contribution in [0.4, 0.5) is 10.1 Å². The molecule has 2 aliphatic rings. The first-order valence-electron chi connectivity index (χ1n) is 8.91. The highest BCUT2D eigenvalue weighted by atomic mass is 19.1. The highest BCUT2D eigenvalue weighted by Crippen LogP contribution is 2.51. The third-order valence-electron chi connectivity index (χ3n) is 5.91. The van der Waals surface area contributed by atoms with E-state index in [0.717, 1.165) is 24.3 Å². The maximum Gasteiger partial charge on any atom is 0.155 e. The average molecular weight is 352 g/mol. The highest BCUT2D eigenvalue weighted by molar-refractivity contribution is 5.71. The number of anilines is 1. The Balaban J connectivity index is 1.76. The van der Waals surface area contributed by atoms with E-state index in [1.807, 2.05) is 16.7 Å². The van der Waals surface area contributed by atoms with E-state index in [9.17, 15) is 0 Å². The Morgan fingerprint density at radius 1 is 1.27 bits per heavy atom. The van der Waals surface area contributed by atoms with Crippen molar-refractivity contribution in [1.29, 1.82) is 0 Å². The van der Waals surface area contributed by atoms with Gasteiger partial charge in [-0.2, -0.15) is 0 Å². The molecule has 0 aliphatic carbocycles. The monoisotopic (exact) mass is 352 g/mol. The van der Waals surface area contributed by atoms with E-state index in [0.29, 0.717) is 16.9 Å². The smallest absolute Gasteiger partial charge is 0.155 e. The van der Waals surface area contributed by atoms with Crippen LogP contribution in [-0.4, -0.2) is 32.6 Å². The Morgan fingerprint density at radius 3 is 2.96 bits per heavy atom. The number of halogens is 1. The van der Waals surface area contributed by atoms with E-state index in [1.54, 1.807) is 24.7 Å². The molecule has 2 aliphatic heterocycles. The van der Waals surface area contributed by atoms with E-state index in [1.165, 1.54) is 0 Å². The Bertz CT molecular complexity index is 1030. The highest BCUT2D eigenvalue weighted by Gasteiger charge is 2.53. The van der Waals surface area contributed by atoms with Crippen molar-refractivity contribution < 1.29 is 9.13 Å². The first-order valence-corrected chi connectivity index (χ1v) is 8.91. The molecule has 0 spiro atoms. The SMILES string of the molecule is CC1(C)Nc2cc(F)c(-c3cncc4nccn34)cc2C2(C)CCOC12. The molecule has 0 amide bonds. The van der Waals surface area contributed by atoms with Gasteiger partial charge in [0.05, 0.1) is 29.7 Å². The second-order valence-electron chi connectivity index (χ2n) is 8.09. The van der Waals surface area contributed by atoms with Gasteiger partial charge in [-0.1, -0.05) is 6.92 Å². The van der Waals surface area contributed by atoms with Crippen LogP contribution >= 0.6 is 0 Å². The van der Waals surface area contributed by atoms with Gasteiger partial charge >= 0.3 is 0 Å². The van der Waals surface area contributed by atoms with Crippen LogP contribution in [0.15, 0.2) is 36.9 Å². The first kappa shape index (κ1) is 15.8. The van der Waals surface area contributed by atoms with Crippen LogP contribution in [0.3, 0.4) is 0 Å². The van der Waals surface area contributed by atoms with Crippen molar-refractivity contribution in [3.63, 3.8) is 0 Å². The van der Waals surface area contributed by atoms with Gasteiger partial charge in [-0.25, -0.2) is 9.37 Å². The zero-order valence-corrected chi connectivity index (χ0v) is 15.1. The van der Waals surface area contributed by atoms with Crippen LogP contribution in [-0.2, 0) is 10.2 Å². The van der Waals surface area contributed by atoms with Gasteiger partial charge in [0.2, 0.25) is 0 Å². The number of imidazole rings is 1. The van der Waals surface area contributed by atoms with Crippen molar-refractivity contribution >= 4 is 11.3 Å². The maximum absolute atomic E-state index is 15.1. The molecule has 0 radical (unpaired) electrons. The number of ether oxygens (including phenoxy) is 1. The summed E-state index contributed by atoms with van der Waals surface area (Å²) >= 11 is 0. The second kappa shape index (κ2) is 5.04. The summed E-state index contributed by atoms with van der Waals surface area (Å²) in [4.78, 5) is 8.48. The molecule has 3 aromatic rings. The van der Waals surface area contributed by atoms with Gasteiger partial charge < -0.3 is 10.1 Å². The van der Waals surface area contributed by atoms with Crippen molar-refractivity contribution in [2.24, 2.45) is 0 Å². The minimum absolute atomic E-state index is 0.0444. The number of aromatic nitrogens is 3. The molecule has 1 aromatic carbocycles. The molecule has 2 atom stereocenters. The van der Waals surface area contributed by atoms with Gasteiger partial charge in [0, 0.05) is 35.7 Å². The molecule has 134 valence electrons. The first-order chi connectivity index (χ1) is 12.4. The minimum Gasteiger partial charge on any atom is -0.377 e. The van der Waals surface area contributed by atoms with E-state index >= 15 is 4.39 Å². The van der Waals surface area contributed by atoms with Gasteiger partial charge in [-0.15, -0.1) is 0 Å². The fraction of sp³-hybridized carbons (Fsp3) is 0.400. The number of hydrogen-bond acceptors (Lipinski definition) is 4. The standard InChI is InChI=1S/C20H21FN4O/c1-19(2)18-20(3,4-7-26-18)13-8-12(14(21)9-15(13)24-19)16-10-22-11-17-23-5-6-25(16)17/h5-6,8-11,18,24H,4,7H2,1-3H3. The molecular weight excluding hydrogens is 331 g/mol. The largest absolute Gasteiger partial charge is 0.377 e. The van der Waals surface area contributed by atoms with Crippen LogP contribution in [0.2, 0.25) is 0 Å². The van der Waals surface area contributed by atoms with Crippen LogP contribution in [0.25, 0.3) is 16.9 Å². The normalized spacial score (nSPS) is 26.4. The van der Waals surface area contributed by atoms with Gasteiger partial charge in [0.1, 0.15) is 5.82 Å². The van der Waals surface area contributed by atoms with Gasteiger partial charge in [-0.05, 0) is 38.0 Å². The van der Waals surface area contributed by atoms with Crippen LogP contribution in [0.5, 0.6) is 0 Å². The van der Waals surface area contributed by atoms with Crippen molar-refractivity contribution in [2.45, 2.75) is 44.2 Å². The third kappa shape index (κ3) is 1.99. The van der Waals surface area contributed by atoms with Gasteiger partial charge in [0.25, 0.3) is 0 Å². The molecule has 0 bridgehead atoms. The van der Waals surface area contributed by atoms with Crippen molar-refractivity contribution in [1.82, 2.24) is 14.4 Å². The molecule has 1 saturated heterocycles. The van der Waals surface area contributed by atoms with Gasteiger partial charge in [0.15, 0.2) is 5.65 Å². The molecule has 0 saturated carbocycles. The predicted octanol–water partition coefficient (Wildman–Crippen LogP) is 3.79. The number of benzene rings is 1. The Kier molecular flexibility index (Phi) is 3.05. The summed E-state index contributed by atoms with van der Waals surface area (Å²) in [5, 5.41) is 3.48. The molecule has 2 unspecified atom stereocenters. The van der Waals surface area contributed by atoms with E-state index in [2.05, 4.69) is 36.1 Å². The molecule has 2 aromatic heterocycles. The third-order valence-corrected chi connectivity index (χ3v) is 5.91. The zero-order valence-electron chi connectivity index (χ0n) is 15.1. The van der Waals surface area contributed by atoms with Crippen molar-refractivity contribution in [3.05, 3.63) is 48.3 Å². The fourth-order valence-corrected chi connectivity index (χ4v) is 4.79. The lowest BCUT2D eigenvalue weighted by Gasteiger charge is -2.48. The molecular formula is C20H21FN4O. The molecule has 4 heterocycles. The average Bonchev–Trinajstić information content (AvgIpc) is 3.21. The topological polar surface area (TPSA) is 51.5 Å². The fourth-order valence-electron chi connectivity index (χ4n) is 4.79. The maximum atomic E-state index is 15.1. The van der Waals surface area contributed by atoms with Crippen LogP contribution in [0, 0.1) is 5.82 Å². The molecule has 1 fully saturated rings. The summed E-state index contributed by atoms with van der Waals surface area (Å²) < 4.78 is 23.0. The lowest BCUT2D eigenvalue weighted by atomic mass is 9.67. The van der Waals surface area contributed by atoms with Crippen molar-refractivity contribution in [3.8, 4) is 11.3 Å². The van der Waals surface area contributed by atoms with E-state index in [-0.39, 0.29) is 22.9 Å². The van der Waals surface area contributed by atoms with Crippen LogP contribution in [0.1, 0.15) is 32.8 Å². The quantitative estimate of drug-likeness (QED) is 0.724. The molecule has 26 heavy (non-hydrogen) atoms. The summed E-state index contributed by atoms with van der Waals surface area (Å²) in [6.07, 6.45) is 7.85. The Hall–Kier alpha value is -2.47. The number of rotatable bonds is 1. The molecule has 5 nitrogen and oxygen atoms in total. The number of nitrogens with one attached hydrogen (secondary N) is 1. The summed E-state index contributed by atoms with van der Waals surface area (Å²) in [6, 6.07) is 3.58. The van der Waals surface area contributed by atoms with E-state index < -0.39 is 0 Å². The predicted molar refractivity (Wildman–Crippen MR) is 97.8 cm³/mol. The molecule has 1 N–H and O–H groups in total. The number of fused-ring (bicyclic) bond motifs is 4. The van der Waals surface area contributed by atoms with E-state index in [4.69, 9.17) is 4.74 Å². The lowest BCUT2D eigenvalue weighted by Crippen LogP contribution is -2.56. The zero-order chi connectivity index (χ0) is 18.1. The lowest BCUT2D eigenvalue weighted by molar-refractivity contribution is 0.0352. The Labute approximate surface area is 151 Å². The summed E-state index contributed by atoms with van der Waals surface area (Å²) in [5.41, 5.74) is 3.49. The minimum atomic E-state index is -0.268. The molecule has 6 heteroatoms. The van der Waals surface area contributed by atoms with Gasteiger partial charge in [-0.3, -0.25) is 9.38 Å².